The number of benzene rings is 2. The van der Waals surface area contributed by atoms with E-state index in [0.29, 0.717) is 12.4 Å². The van der Waals surface area contributed by atoms with Gasteiger partial charge in [-0.05, 0) is 18.6 Å². The maximum absolute atomic E-state index is 6.21. The summed E-state index contributed by atoms with van der Waals surface area (Å²) < 4.78 is 7.75. The molecule has 0 spiro atoms. The molecule has 5 nitrogen and oxygen atoms in total. The molecule has 25 heavy (non-hydrogen) atoms. The Morgan fingerprint density at radius 3 is 2.52 bits per heavy atom. The summed E-state index contributed by atoms with van der Waals surface area (Å²) in [5.74, 6) is 1.30. The summed E-state index contributed by atoms with van der Waals surface area (Å²) >= 11 is 0. The number of hydrogen-bond acceptors (Lipinski definition) is 4. The molecule has 4 rings (SSSR count). The molecule has 1 atom stereocenters. The van der Waals surface area contributed by atoms with Crippen LogP contribution in [0.4, 0.5) is 5.82 Å². The minimum Gasteiger partial charge on any atom is -0.382 e. The number of pyridine rings is 1. The number of nitrogens with zero attached hydrogens (tertiary/aromatic N) is 3. The fourth-order valence-electron chi connectivity index (χ4n) is 3.22. The Hall–Kier alpha value is -2.92. The zero-order valence-electron chi connectivity index (χ0n) is 14.3. The highest BCUT2D eigenvalue weighted by Crippen LogP contribution is 2.31. The monoisotopic (exact) mass is 332 g/mol. The quantitative estimate of drug-likeness (QED) is 0.615. The normalized spacial score (nSPS) is 12.7. The number of aromatic nitrogens is 3. The van der Waals surface area contributed by atoms with Crippen molar-refractivity contribution in [3.8, 4) is 0 Å². The highest BCUT2D eigenvalue weighted by atomic mass is 16.5. The summed E-state index contributed by atoms with van der Waals surface area (Å²) in [6, 6.07) is 18.4. The number of anilines is 1. The predicted molar refractivity (Wildman–Crippen MR) is 100 cm³/mol. The first-order valence-corrected chi connectivity index (χ1v) is 8.30. The predicted octanol–water partition coefficient (Wildman–Crippen LogP) is 3.92. The van der Waals surface area contributed by atoms with Gasteiger partial charge in [0.05, 0.1) is 11.0 Å². The second-order valence-electron chi connectivity index (χ2n) is 6.13. The molecule has 1 unspecified atom stereocenters. The van der Waals surface area contributed by atoms with Crippen molar-refractivity contribution in [3.63, 3.8) is 0 Å². The minimum atomic E-state index is -0.144. The molecule has 0 aliphatic rings. The van der Waals surface area contributed by atoms with Gasteiger partial charge in [0.15, 0.2) is 5.82 Å². The SMILES string of the molecule is COC(C)c1nc2c(N)nc3ccccc3c2n1Cc1ccccc1. The van der Waals surface area contributed by atoms with Gasteiger partial charge in [-0.1, -0.05) is 48.5 Å². The number of imidazole rings is 1. The number of nitrogens with two attached hydrogens (primary N) is 1. The molecule has 0 saturated carbocycles. The van der Waals surface area contributed by atoms with Crippen molar-refractivity contribution < 1.29 is 4.74 Å². The number of rotatable bonds is 4. The molecule has 2 aromatic heterocycles. The maximum atomic E-state index is 6.21. The van der Waals surface area contributed by atoms with Crippen LogP contribution in [-0.2, 0) is 11.3 Å². The summed E-state index contributed by atoms with van der Waals surface area (Å²) in [4.78, 5) is 9.29. The van der Waals surface area contributed by atoms with Gasteiger partial charge in [-0.2, -0.15) is 0 Å². The van der Waals surface area contributed by atoms with Gasteiger partial charge in [0.25, 0.3) is 0 Å². The number of nitrogen functional groups attached to an aromatic ring is 1. The Labute approximate surface area is 146 Å². The van der Waals surface area contributed by atoms with Crippen molar-refractivity contribution in [1.82, 2.24) is 14.5 Å². The fraction of sp³-hybridized carbons (Fsp3) is 0.200. The molecule has 126 valence electrons. The van der Waals surface area contributed by atoms with E-state index in [4.69, 9.17) is 15.5 Å². The van der Waals surface area contributed by atoms with E-state index in [0.717, 1.165) is 27.8 Å². The number of methoxy groups -OCH3 is 1. The zero-order valence-corrected chi connectivity index (χ0v) is 14.3. The average Bonchev–Trinajstić information content (AvgIpc) is 3.02. The molecule has 0 fully saturated rings. The molecule has 4 aromatic rings. The average molecular weight is 332 g/mol. The molecule has 2 N–H and O–H groups in total. The van der Waals surface area contributed by atoms with Gasteiger partial charge in [0, 0.05) is 19.0 Å². The van der Waals surface area contributed by atoms with Gasteiger partial charge in [-0.15, -0.1) is 0 Å². The van der Waals surface area contributed by atoms with Crippen molar-refractivity contribution in [3.05, 3.63) is 66.0 Å². The first kappa shape index (κ1) is 15.6. The molecule has 0 bridgehead atoms. The zero-order chi connectivity index (χ0) is 17.4. The van der Waals surface area contributed by atoms with Gasteiger partial charge >= 0.3 is 0 Å². The maximum Gasteiger partial charge on any atom is 0.152 e. The van der Waals surface area contributed by atoms with Crippen LogP contribution in [0.25, 0.3) is 21.9 Å². The highest BCUT2D eigenvalue weighted by Gasteiger charge is 2.20. The number of fused-ring (bicyclic) bond motifs is 3. The number of para-hydroxylation sites is 1. The highest BCUT2D eigenvalue weighted by molar-refractivity contribution is 6.06. The van der Waals surface area contributed by atoms with Crippen molar-refractivity contribution in [2.45, 2.75) is 19.6 Å². The minimum absolute atomic E-state index is 0.144. The summed E-state index contributed by atoms with van der Waals surface area (Å²) in [6.07, 6.45) is -0.144. The first-order valence-electron chi connectivity index (χ1n) is 8.30. The van der Waals surface area contributed by atoms with Crippen molar-refractivity contribution in [1.29, 1.82) is 0 Å². The summed E-state index contributed by atoms with van der Waals surface area (Å²) in [5.41, 5.74) is 10.0. The molecule has 5 heteroatoms. The smallest absolute Gasteiger partial charge is 0.152 e. The lowest BCUT2D eigenvalue weighted by Crippen LogP contribution is -2.09. The fourth-order valence-corrected chi connectivity index (χ4v) is 3.22. The topological polar surface area (TPSA) is 66.0 Å². The Balaban J connectivity index is 2.05. The first-order chi connectivity index (χ1) is 12.2. The third-order valence-corrected chi connectivity index (χ3v) is 4.54. The summed E-state index contributed by atoms with van der Waals surface area (Å²) in [7, 11) is 1.69. The number of ether oxygens (including phenoxy) is 1. The van der Waals surface area contributed by atoms with Crippen LogP contribution < -0.4 is 5.73 Å². The van der Waals surface area contributed by atoms with Crippen LogP contribution in [0.1, 0.15) is 24.4 Å². The van der Waals surface area contributed by atoms with Crippen LogP contribution in [-0.4, -0.2) is 21.6 Å². The van der Waals surface area contributed by atoms with Crippen molar-refractivity contribution >= 4 is 27.8 Å². The summed E-state index contributed by atoms with van der Waals surface area (Å²) in [5, 5.41) is 1.05. The van der Waals surface area contributed by atoms with Crippen LogP contribution in [0.2, 0.25) is 0 Å². The molecule has 0 aliphatic carbocycles. The van der Waals surface area contributed by atoms with E-state index in [1.165, 1.54) is 5.56 Å². The van der Waals surface area contributed by atoms with Gasteiger partial charge in [0.2, 0.25) is 0 Å². The second-order valence-corrected chi connectivity index (χ2v) is 6.13. The second kappa shape index (κ2) is 6.18. The van der Waals surface area contributed by atoms with E-state index in [9.17, 15) is 0 Å². The third kappa shape index (κ3) is 2.62. The molecular formula is C20H20N4O. The molecule has 0 aliphatic heterocycles. The standard InChI is InChI=1S/C20H20N4O/c1-13(25-2)20-23-17-18(24(20)12-14-8-4-3-5-9-14)15-10-6-7-11-16(15)22-19(17)21/h3-11,13H,12H2,1-2H3,(H2,21,22). The number of hydrogen-bond donors (Lipinski definition) is 1. The third-order valence-electron chi connectivity index (χ3n) is 4.54. The largest absolute Gasteiger partial charge is 0.382 e. The van der Waals surface area contributed by atoms with Crippen LogP contribution in [0, 0.1) is 0 Å². The van der Waals surface area contributed by atoms with Gasteiger partial charge in [-0.25, -0.2) is 9.97 Å². The van der Waals surface area contributed by atoms with E-state index in [1.54, 1.807) is 7.11 Å². The molecular weight excluding hydrogens is 312 g/mol. The van der Waals surface area contributed by atoms with Crippen molar-refractivity contribution in [2.24, 2.45) is 0 Å². The van der Waals surface area contributed by atoms with E-state index in [-0.39, 0.29) is 6.10 Å². The molecule has 0 amide bonds. The Morgan fingerprint density at radius 2 is 1.76 bits per heavy atom. The van der Waals surface area contributed by atoms with Gasteiger partial charge in [0.1, 0.15) is 17.4 Å². The Bertz CT molecular complexity index is 1040. The van der Waals surface area contributed by atoms with Crippen LogP contribution >= 0.6 is 0 Å². The van der Waals surface area contributed by atoms with E-state index in [1.807, 2.05) is 43.3 Å². The Kier molecular flexibility index (Phi) is 3.86. The Morgan fingerprint density at radius 1 is 1.04 bits per heavy atom. The van der Waals surface area contributed by atoms with Gasteiger partial charge in [-0.3, -0.25) is 0 Å². The van der Waals surface area contributed by atoms with Crippen LogP contribution in [0.3, 0.4) is 0 Å². The van der Waals surface area contributed by atoms with E-state index >= 15 is 0 Å². The molecule has 0 radical (unpaired) electrons. The molecule has 2 heterocycles. The van der Waals surface area contributed by atoms with E-state index in [2.05, 4.69) is 27.8 Å². The summed E-state index contributed by atoms with van der Waals surface area (Å²) in [6.45, 7) is 2.70. The van der Waals surface area contributed by atoms with Crippen LogP contribution in [0.5, 0.6) is 0 Å². The van der Waals surface area contributed by atoms with Crippen LogP contribution in [0.15, 0.2) is 54.6 Å². The lowest BCUT2D eigenvalue weighted by Gasteiger charge is -2.14. The van der Waals surface area contributed by atoms with E-state index < -0.39 is 0 Å². The van der Waals surface area contributed by atoms with Crippen molar-refractivity contribution in [2.75, 3.05) is 12.8 Å². The lowest BCUT2D eigenvalue weighted by atomic mass is 10.1. The van der Waals surface area contributed by atoms with Gasteiger partial charge < -0.3 is 15.0 Å². The lowest BCUT2D eigenvalue weighted by molar-refractivity contribution is 0.109. The molecule has 2 aromatic carbocycles. The molecule has 0 saturated heterocycles.